The van der Waals surface area contributed by atoms with E-state index in [-0.39, 0.29) is 0 Å². The number of thiol groups is 1. The van der Waals surface area contributed by atoms with Gasteiger partial charge < -0.3 is 0 Å². The number of nitrogens with zero attached hydrogens (tertiary/aromatic N) is 1. The van der Waals surface area contributed by atoms with Crippen LogP contribution in [0.2, 0.25) is 0 Å². The zero-order chi connectivity index (χ0) is 7.70. The molecule has 0 N–H and O–H groups in total. The first-order valence-electron chi connectivity index (χ1n) is 2.68. The SMILES string of the molecule is CC[N]([Ag])CC.S=CS. The van der Waals surface area contributed by atoms with E-state index in [1.54, 1.807) is 0 Å². The summed E-state index contributed by atoms with van der Waals surface area (Å²) in [6.07, 6.45) is 0. The summed E-state index contributed by atoms with van der Waals surface area (Å²) in [7, 11) is 0. The van der Waals surface area contributed by atoms with Gasteiger partial charge in [0, 0.05) is 4.70 Å². The molecule has 0 unspecified atom stereocenters. The molecule has 0 aromatic carbocycles. The quantitative estimate of drug-likeness (QED) is 0.456. The Labute approximate surface area is 80.8 Å². The molecule has 0 aromatic rings. The van der Waals surface area contributed by atoms with Gasteiger partial charge >= 0.3 is 51.6 Å². The van der Waals surface area contributed by atoms with Gasteiger partial charge in [-0.3, -0.25) is 0 Å². The van der Waals surface area contributed by atoms with Crippen molar-refractivity contribution in [2.75, 3.05) is 13.1 Å². The van der Waals surface area contributed by atoms with Crippen LogP contribution in [0.5, 0.6) is 0 Å². The van der Waals surface area contributed by atoms with Gasteiger partial charge in [0.1, 0.15) is 0 Å². The first-order chi connectivity index (χ1) is 4.22. The molecule has 0 amide bonds. The maximum absolute atomic E-state index is 4.13. The molecular weight excluding hydrogens is 246 g/mol. The molecule has 0 aliphatic heterocycles. The third-order valence-corrected chi connectivity index (χ3v) is 1.58. The second-order valence-corrected chi connectivity index (χ2v) is 2.93. The van der Waals surface area contributed by atoms with Crippen LogP contribution in [0, 0.1) is 0 Å². The number of hydrogen-bond acceptors (Lipinski definition) is 2. The van der Waals surface area contributed by atoms with Gasteiger partial charge in [-0.05, 0) is 0 Å². The van der Waals surface area contributed by atoms with Crippen LogP contribution in [0.1, 0.15) is 13.8 Å². The molecule has 0 spiro atoms. The average Bonchev–Trinajstić information content (AvgIpc) is 1.88. The largest absolute Gasteiger partial charge is 0.140 e. The summed E-state index contributed by atoms with van der Waals surface area (Å²) in [6.45, 7) is 6.38. The molecule has 0 bridgehead atoms. The van der Waals surface area contributed by atoms with Gasteiger partial charge in [0.05, 0.1) is 0 Å². The third-order valence-electron chi connectivity index (χ3n) is 0.638. The predicted octanol–water partition coefficient (Wildman–Crippen LogP) is 1.66. The van der Waals surface area contributed by atoms with Crippen molar-refractivity contribution in [1.29, 1.82) is 0 Å². The van der Waals surface area contributed by atoms with Gasteiger partial charge in [-0.25, -0.2) is 0 Å². The van der Waals surface area contributed by atoms with E-state index in [0.717, 1.165) is 13.1 Å². The van der Waals surface area contributed by atoms with Gasteiger partial charge in [-0.1, -0.05) is 12.2 Å². The van der Waals surface area contributed by atoms with Crippen LogP contribution >= 0.6 is 24.8 Å². The Bertz CT molecular complexity index is 56.9. The first kappa shape index (κ1) is 12.8. The smallest absolute Gasteiger partial charge is 0.0310 e. The summed E-state index contributed by atoms with van der Waals surface area (Å²) >= 11 is 10.9. The number of thiocarbonyl (C=S) groups is 1. The molecular formula is C5H12AgNS2. The van der Waals surface area contributed by atoms with E-state index in [1.807, 2.05) is 0 Å². The van der Waals surface area contributed by atoms with Crippen LogP contribution in [0.15, 0.2) is 0 Å². The van der Waals surface area contributed by atoms with Crippen LogP contribution in [-0.4, -0.2) is 21.1 Å². The Kier molecular flexibility index (Phi) is 16.9. The molecule has 0 aromatic heterocycles. The summed E-state index contributed by atoms with van der Waals surface area (Å²) in [6, 6.07) is 0. The molecule has 0 saturated heterocycles. The second kappa shape index (κ2) is 11.9. The summed E-state index contributed by atoms with van der Waals surface area (Å²) < 4.78 is 3.34. The van der Waals surface area contributed by atoms with Gasteiger partial charge in [0.15, 0.2) is 0 Å². The Morgan fingerprint density at radius 2 is 1.78 bits per heavy atom. The van der Waals surface area contributed by atoms with Crippen molar-refractivity contribution in [3.8, 4) is 0 Å². The topological polar surface area (TPSA) is 3.24 Å². The fraction of sp³-hybridized carbons (Fsp3) is 0.800. The van der Waals surface area contributed by atoms with E-state index in [9.17, 15) is 0 Å². The van der Waals surface area contributed by atoms with Crippen molar-refractivity contribution in [3.63, 3.8) is 0 Å². The maximum Gasteiger partial charge on any atom is 0.0310 e. The minimum atomic E-state index is 1.08. The standard InChI is InChI=1S/C4H10N.CH2S2.Ag/c1-3-5-4-2;2-1-3;/h3-4H2,1-2H3;1H,(H,2,3);/q-1;;+1. The van der Waals surface area contributed by atoms with Gasteiger partial charge in [-0.15, -0.1) is 12.6 Å². The van der Waals surface area contributed by atoms with Crippen LogP contribution < -0.4 is 0 Å². The molecule has 0 atom stereocenters. The Morgan fingerprint density at radius 3 is 1.78 bits per heavy atom. The van der Waals surface area contributed by atoms with E-state index in [1.165, 1.54) is 4.70 Å². The molecule has 0 fully saturated rings. The predicted molar refractivity (Wildman–Crippen MR) is 45.6 cm³/mol. The Hall–Kier alpha value is 1.14. The number of rotatable bonds is 2. The monoisotopic (exact) mass is 257 g/mol. The molecule has 9 heavy (non-hydrogen) atoms. The molecule has 60 valence electrons. The van der Waals surface area contributed by atoms with Crippen molar-refractivity contribution >= 4 is 29.5 Å². The molecule has 0 aliphatic rings. The van der Waals surface area contributed by atoms with Gasteiger partial charge in [-0.2, -0.15) is 0 Å². The minimum absolute atomic E-state index is 1.08. The number of hydrogen-bond donors (Lipinski definition) is 1. The molecule has 0 heterocycles. The molecule has 0 radical (unpaired) electrons. The van der Waals surface area contributed by atoms with Crippen LogP contribution in [0.4, 0.5) is 0 Å². The molecule has 1 nitrogen and oxygen atoms in total. The van der Waals surface area contributed by atoms with Crippen molar-refractivity contribution in [2.45, 2.75) is 13.8 Å². The van der Waals surface area contributed by atoms with E-state index >= 15 is 0 Å². The zero-order valence-electron chi connectivity index (χ0n) is 5.60. The van der Waals surface area contributed by atoms with Crippen LogP contribution in [0.25, 0.3) is 0 Å². The van der Waals surface area contributed by atoms with Crippen molar-refractivity contribution in [3.05, 3.63) is 0 Å². The fourth-order valence-corrected chi connectivity index (χ4v) is 0.224. The van der Waals surface area contributed by atoms with Crippen LogP contribution in [-0.2, 0) is 21.3 Å². The van der Waals surface area contributed by atoms with Gasteiger partial charge in [0.2, 0.25) is 0 Å². The first-order valence-corrected chi connectivity index (χ1v) is 4.33. The Balaban J connectivity index is 0. The molecule has 0 aliphatic carbocycles. The third kappa shape index (κ3) is 17.6. The zero-order valence-corrected chi connectivity index (χ0v) is 8.79. The summed E-state index contributed by atoms with van der Waals surface area (Å²) in [5.41, 5.74) is 0. The Morgan fingerprint density at radius 1 is 1.56 bits per heavy atom. The van der Waals surface area contributed by atoms with Crippen molar-refractivity contribution in [2.24, 2.45) is 0 Å². The second-order valence-electron chi connectivity index (χ2n) is 1.15. The maximum atomic E-state index is 4.13. The van der Waals surface area contributed by atoms with Crippen LogP contribution in [0.3, 0.4) is 0 Å². The van der Waals surface area contributed by atoms with E-state index < -0.39 is 0 Å². The van der Waals surface area contributed by atoms with E-state index in [2.05, 4.69) is 63.3 Å². The minimum Gasteiger partial charge on any atom is -0.140 e. The molecule has 0 rings (SSSR count). The van der Waals surface area contributed by atoms with E-state index in [0.29, 0.717) is 0 Å². The molecule has 0 saturated carbocycles. The van der Waals surface area contributed by atoms with E-state index in [4.69, 9.17) is 0 Å². The molecule has 4 heteroatoms. The summed E-state index contributed by atoms with van der Waals surface area (Å²) in [5, 5.41) is 0. The average molecular weight is 258 g/mol. The fourth-order valence-electron chi connectivity index (χ4n) is 0.224. The summed E-state index contributed by atoms with van der Waals surface area (Å²) in [4.78, 5) is 0. The van der Waals surface area contributed by atoms with Gasteiger partial charge in [0.25, 0.3) is 0 Å². The van der Waals surface area contributed by atoms with Crippen molar-refractivity contribution in [1.82, 2.24) is 3.30 Å². The normalized spacial score (nSPS) is 8.22. The summed E-state index contributed by atoms with van der Waals surface area (Å²) in [5.74, 6) is 0. The van der Waals surface area contributed by atoms with Crippen molar-refractivity contribution < 1.29 is 21.3 Å².